The number of phenols is 1. The van der Waals surface area contributed by atoms with Crippen molar-refractivity contribution in [2.75, 3.05) is 11.2 Å². The van der Waals surface area contributed by atoms with Crippen LogP contribution in [0.4, 0.5) is 11.4 Å². The van der Waals surface area contributed by atoms with Crippen LogP contribution in [0.25, 0.3) is 0 Å². The molecule has 12 heavy (non-hydrogen) atoms. The molecule has 5 nitrogen and oxygen atoms in total. The average molecular weight is 167 g/mol. The first-order valence-electron chi connectivity index (χ1n) is 3.27. The molecule has 0 saturated heterocycles. The van der Waals surface area contributed by atoms with Crippen LogP contribution in [-0.4, -0.2) is 11.5 Å². The maximum atomic E-state index is 9.88. The third-order valence-corrected chi connectivity index (χ3v) is 1.29. The van der Waals surface area contributed by atoms with Crippen molar-refractivity contribution >= 4 is 17.8 Å². The van der Waals surface area contributed by atoms with Crippen molar-refractivity contribution in [2.24, 2.45) is 0 Å². The first kappa shape index (κ1) is 8.19. The van der Waals surface area contributed by atoms with E-state index in [2.05, 4.69) is 10.9 Å². The number of hydrazine groups is 1. The van der Waals surface area contributed by atoms with Crippen LogP contribution < -0.4 is 16.6 Å². The lowest BCUT2D eigenvalue weighted by molar-refractivity contribution is -0.109. The molecule has 0 bridgehead atoms. The highest BCUT2D eigenvalue weighted by Crippen LogP contribution is 2.24. The highest BCUT2D eigenvalue weighted by molar-refractivity contribution is 5.63. The summed E-state index contributed by atoms with van der Waals surface area (Å²) in [4.78, 5) is 9.88. The fourth-order valence-electron chi connectivity index (χ4n) is 0.762. The van der Waals surface area contributed by atoms with Gasteiger partial charge in [-0.05, 0) is 12.1 Å². The second-order valence-corrected chi connectivity index (χ2v) is 2.16. The van der Waals surface area contributed by atoms with Crippen molar-refractivity contribution in [3.8, 4) is 5.75 Å². The lowest BCUT2D eigenvalue weighted by Crippen LogP contribution is -2.18. The van der Waals surface area contributed by atoms with Crippen LogP contribution in [0.5, 0.6) is 5.75 Å². The number of amides is 1. The van der Waals surface area contributed by atoms with Gasteiger partial charge in [0.05, 0.1) is 5.69 Å². The molecule has 1 rings (SSSR count). The number of rotatable bonds is 3. The molecule has 0 aromatic heterocycles. The maximum Gasteiger partial charge on any atom is 0.225 e. The third-order valence-electron chi connectivity index (χ3n) is 1.29. The van der Waals surface area contributed by atoms with Gasteiger partial charge in [-0.1, -0.05) is 0 Å². The molecule has 0 atom stereocenters. The molecule has 5 heteroatoms. The molecule has 64 valence electrons. The molecule has 1 aromatic carbocycles. The van der Waals surface area contributed by atoms with E-state index in [4.69, 9.17) is 5.73 Å². The zero-order valence-corrected chi connectivity index (χ0v) is 6.24. The fourth-order valence-corrected chi connectivity index (χ4v) is 0.762. The molecular formula is C7H9N3O2. The Morgan fingerprint density at radius 1 is 1.50 bits per heavy atom. The summed E-state index contributed by atoms with van der Waals surface area (Å²) in [5.41, 5.74) is 10.9. The molecule has 0 spiro atoms. The Kier molecular flexibility index (Phi) is 2.37. The van der Waals surface area contributed by atoms with E-state index >= 15 is 0 Å². The fraction of sp³-hybridized carbons (Fsp3) is 0. The summed E-state index contributed by atoms with van der Waals surface area (Å²) >= 11 is 0. The van der Waals surface area contributed by atoms with Crippen molar-refractivity contribution < 1.29 is 9.90 Å². The van der Waals surface area contributed by atoms with Crippen LogP contribution in [0.15, 0.2) is 18.2 Å². The summed E-state index contributed by atoms with van der Waals surface area (Å²) in [7, 11) is 0. The van der Waals surface area contributed by atoms with E-state index in [1.165, 1.54) is 6.07 Å². The second-order valence-electron chi connectivity index (χ2n) is 2.16. The van der Waals surface area contributed by atoms with Crippen LogP contribution in [-0.2, 0) is 4.79 Å². The minimum absolute atomic E-state index is 0.00986. The lowest BCUT2D eigenvalue weighted by Gasteiger charge is -2.06. The van der Waals surface area contributed by atoms with Gasteiger partial charge in [-0.2, -0.15) is 0 Å². The minimum atomic E-state index is -0.00986. The molecule has 0 unspecified atom stereocenters. The van der Waals surface area contributed by atoms with Crippen molar-refractivity contribution in [1.29, 1.82) is 0 Å². The summed E-state index contributed by atoms with van der Waals surface area (Å²) in [6, 6.07) is 4.55. The molecule has 1 amide bonds. The number of nitrogens with two attached hydrogens (primary N) is 1. The number of nitrogen functional groups attached to an aromatic ring is 1. The van der Waals surface area contributed by atoms with E-state index in [-0.39, 0.29) is 5.75 Å². The van der Waals surface area contributed by atoms with Crippen LogP contribution >= 0.6 is 0 Å². The third kappa shape index (κ3) is 1.79. The van der Waals surface area contributed by atoms with Gasteiger partial charge in [0, 0.05) is 11.8 Å². The predicted molar refractivity (Wildman–Crippen MR) is 45.3 cm³/mol. The first-order valence-corrected chi connectivity index (χ1v) is 3.27. The largest absolute Gasteiger partial charge is 0.506 e. The predicted octanol–water partition coefficient (Wildman–Crippen LogP) is 0.0473. The van der Waals surface area contributed by atoms with Crippen molar-refractivity contribution in [3.05, 3.63) is 18.2 Å². The molecule has 0 fully saturated rings. The molecule has 1 aromatic rings. The Balaban J connectivity index is 2.78. The van der Waals surface area contributed by atoms with Crippen LogP contribution in [0, 0.1) is 0 Å². The Morgan fingerprint density at radius 2 is 2.25 bits per heavy atom. The number of hydrogen-bond acceptors (Lipinski definition) is 4. The Labute approximate surface area is 69.2 Å². The molecule has 0 radical (unpaired) electrons. The van der Waals surface area contributed by atoms with Crippen molar-refractivity contribution in [3.63, 3.8) is 0 Å². The molecule has 0 saturated carbocycles. The molecule has 0 aliphatic rings. The molecule has 5 N–H and O–H groups in total. The molecule has 0 aliphatic carbocycles. The second kappa shape index (κ2) is 3.47. The Morgan fingerprint density at radius 3 is 2.83 bits per heavy atom. The quantitative estimate of drug-likeness (QED) is 0.222. The summed E-state index contributed by atoms with van der Waals surface area (Å²) in [6.45, 7) is 0. The smallest absolute Gasteiger partial charge is 0.225 e. The number of nitrogens with one attached hydrogen (secondary N) is 2. The number of hydrogen-bond donors (Lipinski definition) is 4. The summed E-state index contributed by atoms with van der Waals surface area (Å²) in [6.07, 6.45) is 0.468. The number of aromatic hydroxyl groups is 1. The number of benzene rings is 1. The summed E-state index contributed by atoms with van der Waals surface area (Å²) in [5.74, 6) is -0.00986. The van der Waals surface area contributed by atoms with Gasteiger partial charge in [-0.15, -0.1) is 0 Å². The first-order chi connectivity index (χ1) is 5.74. The van der Waals surface area contributed by atoms with E-state index in [1.54, 1.807) is 12.1 Å². The molecule has 0 heterocycles. The number of anilines is 2. The topological polar surface area (TPSA) is 87.4 Å². The highest BCUT2D eigenvalue weighted by atomic mass is 16.3. The number of carbonyl (C=O) groups is 1. The van der Waals surface area contributed by atoms with E-state index in [0.29, 0.717) is 17.8 Å². The van der Waals surface area contributed by atoms with E-state index in [9.17, 15) is 9.90 Å². The van der Waals surface area contributed by atoms with Gasteiger partial charge >= 0.3 is 0 Å². The lowest BCUT2D eigenvalue weighted by atomic mass is 10.2. The number of phenolic OH excluding ortho intramolecular Hbond substituents is 1. The SMILES string of the molecule is Nc1ccc(NNC=O)c(O)c1. The molecule has 0 aliphatic heterocycles. The highest BCUT2D eigenvalue weighted by Gasteiger charge is 1.98. The summed E-state index contributed by atoms with van der Waals surface area (Å²) < 4.78 is 0. The standard InChI is InChI=1S/C7H9N3O2/c8-5-1-2-6(7(12)3-5)10-9-4-11/h1-4,10,12H,8H2,(H,9,11). The van der Waals surface area contributed by atoms with Gasteiger partial charge < -0.3 is 10.8 Å². The van der Waals surface area contributed by atoms with Crippen molar-refractivity contribution in [1.82, 2.24) is 5.43 Å². The van der Waals surface area contributed by atoms with Crippen LogP contribution in [0.2, 0.25) is 0 Å². The Hall–Kier alpha value is -1.91. The zero-order valence-electron chi connectivity index (χ0n) is 6.24. The van der Waals surface area contributed by atoms with Crippen LogP contribution in [0.3, 0.4) is 0 Å². The van der Waals surface area contributed by atoms with E-state index in [0.717, 1.165) is 0 Å². The average Bonchev–Trinajstić information content (AvgIpc) is 2.03. The van der Waals surface area contributed by atoms with Gasteiger partial charge in [0.25, 0.3) is 0 Å². The number of carbonyl (C=O) groups excluding carboxylic acids is 1. The van der Waals surface area contributed by atoms with Gasteiger partial charge in [-0.25, -0.2) is 0 Å². The Bertz CT molecular complexity index is 288. The van der Waals surface area contributed by atoms with E-state index in [1.807, 2.05) is 0 Å². The van der Waals surface area contributed by atoms with Crippen LogP contribution in [0.1, 0.15) is 0 Å². The van der Waals surface area contributed by atoms with Crippen molar-refractivity contribution in [2.45, 2.75) is 0 Å². The van der Waals surface area contributed by atoms with Gasteiger partial charge in [0.1, 0.15) is 5.75 Å². The van der Waals surface area contributed by atoms with Gasteiger partial charge in [0.2, 0.25) is 6.41 Å². The zero-order chi connectivity index (χ0) is 8.97. The van der Waals surface area contributed by atoms with E-state index < -0.39 is 0 Å². The maximum absolute atomic E-state index is 9.88. The monoisotopic (exact) mass is 167 g/mol. The minimum Gasteiger partial charge on any atom is -0.506 e. The summed E-state index contributed by atoms with van der Waals surface area (Å²) in [5, 5.41) is 9.22. The van der Waals surface area contributed by atoms with Gasteiger partial charge in [0.15, 0.2) is 0 Å². The van der Waals surface area contributed by atoms with Gasteiger partial charge in [-0.3, -0.25) is 15.6 Å². The normalized spacial score (nSPS) is 9.00. The molecular weight excluding hydrogens is 158 g/mol.